The second-order valence-corrected chi connectivity index (χ2v) is 10.1. The summed E-state index contributed by atoms with van der Waals surface area (Å²) >= 11 is 11.7. The predicted octanol–water partition coefficient (Wildman–Crippen LogP) is 6.16. The number of ether oxygens (including phenoxy) is 2. The summed E-state index contributed by atoms with van der Waals surface area (Å²) in [4.78, 5) is 20.5. The Morgan fingerprint density at radius 2 is 1.73 bits per heavy atom. The molecule has 40 heavy (non-hydrogen) atoms. The van der Waals surface area contributed by atoms with Gasteiger partial charge in [0.2, 0.25) is 0 Å². The normalized spacial score (nSPS) is 20.6. The molecule has 0 aromatic heterocycles. The number of carboxylic acid groups (broad SMARTS) is 2. The molecule has 9 nitrogen and oxygen atoms in total. The summed E-state index contributed by atoms with van der Waals surface area (Å²) in [6.45, 7) is 6.45. The maximum absolute atomic E-state index is 10.3. The average Bonchev–Trinajstić information content (AvgIpc) is 2.91. The molecular formula is C28H42Cl2CuN2O7. The average molecular weight is 653 g/mol. The molecule has 3 aliphatic rings. The first-order valence-electron chi connectivity index (χ1n) is 12.9. The predicted molar refractivity (Wildman–Crippen MR) is 156 cm³/mol. The van der Waals surface area contributed by atoms with Gasteiger partial charge in [0.1, 0.15) is 12.4 Å². The van der Waals surface area contributed by atoms with Gasteiger partial charge >= 0.3 is 29.0 Å². The van der Waals surface area contributed by atoms with Gasteiger partial charge in [-0.2, -0.15) is 6.20 Å². The number of alkyl halides is 1. The molecule has 4 rings (SSSR count). The number of hydrogen-bond acceptors (Lipinski definition) is 4. The van der Waals surface area contributed by atoms with Gasteiger partial charge in [0.05, 0.1) is 6.10 Å². The Labute approximate surface area is 258 Å². The van der Waals surface area contributed by atoms with E-state index in [0.717, 1.165) is 44.5 Å². The van der Waals surface area contributed by atoms with Crippen LogP contribution in [-0.2, 0) is 31.4 Å². The van der Waals surface area contributed by atoms with E-state index in [1.54, 1.807) is 24.4 Å². The van der Waals surface area contributed by atoms with Gasteiger partial charge < -0.3 is 35.8 Å². The zero-order chi connectivity index (χ0) is 28.2. The van der Waals surface area contributed by atoms with Crippen LogP contribution < -0.4 is 4.74 Å². The SMILES string of the molecule is C1=CC[N-]C=C1.C1CC[N-]CC1.CC1CC(Cl)CCC1OCC(=O)O.Cc1cc(Cl)ccc1OCC(=O)O.O.[Cu+2]. The van der Waals surface area contributed by atoms with E-state index in [2.05, 4.69) is 17.6 Å². The molecule has 0 spiro atoms. The summed E-state index contributed by atoms with van der Waals surface area (Å²) < 4.78 is 10.2. The minimum atomic E-state index is -0.991. The molecular weight excluding hydrogens is 611 g/mol. The maximum atomic E-state index is 10.3. The number of carbonyl (C=O) groups is 2. The second-order valence-electron chi connectivity index (χ2n) is 9.09. The number of halogens is 2. The van der Waals surface area contributed by atoms with Gasteiger partial charge in [0, 0.05) is 10.4 Å². The maximum Gasteiger partial charge on any atom is 2.00 e. The minimum Gasteiger partial charge on any atom is -0.687 e. The number of allylic oxidation sites excluding steroid dienone is 2. The van der Waals surface area contributed by atoms with Crippen molar-refractivity contribution in [1.29, 1.82) is 0 Å². The number of rotatable bonds is 6. The van der Waals surface area contributed by atoms with Crippen molar-refractivity contribution in [2.45, 2.75) is 63.9 Å². The minimum absolute atomic E-state index is 0. The quantitative estimate of drug-likeness (QED) is 0.277. The van der Waals surface area contributed by atoms with Gasteiger partial charge in [0.15, 0.2) is 6.61 Å². The summed E-state index contributed by atoms with van der Waals surface area (Å²) in [7, 11) is 0. The van der Waals surface area contributed by atoms with Crippen LogP contribution in [-0.4, -0.2) is 72.0 Å². The number of carboxylic acids is 2. The van der Waals surface area contributed by atoms with E-state index in [0.29, 0.717) is 16.7 Å². The molecule has 12 heteroatoms. The molecule has 0 bridgehead atoms. The monoisotopic (exact) mass is 651 g/mol. The van der Waals surface area contributed by atoms with Gasteiger partial charge in [0.25, 0.3) is 0 Å². The zero-order valence-electron chi connectivity index (χ0n) is 23.0. The molecule has 3 atom stereocenters. The Morgan fingerprint density at radius 3 is 2.12 bits per heavy atom. The fraction of sp³-hybridized carbons (Fsp3) is 0.571. The summed E-state index contributed by atoms with van der Waals surface area (Å²) in [5, 5.41) is 25.7. The van der Waals surface area contributed by atoms with Crippen molar-refractivity contribution in [1.82, 2.24) is 0 Å². The molecule has 1 aliphatic carbocycles. The summed E-state index contributed by atoms with van der Waals surface area (Å²) in [5.74, 6) is -0.975. The molecule has 4 N–H and O–H groups in total. The van der Waals surface area contributed by atoms with Crippen LogP contribution in [0.2, 0.25) is 5.02 Å². The Morgan fingerprint density at radius 1 is 1.05 bits per heavy atom. The van der Waals surface area contributed by atoms with Crippen LogP contribution in [0.5, 0.6) is 5.75 Å². The third-order valence-electron chi connectivity index (χ3n) is 5.72. The third kappa shape index (κ3) is 21.0. The zero-order valence-corrected chi connectivity index (χ0v) is 25.5. The molecule has 3 unspecified atom stereocenters. The van der Waals surface area contributed by atoms with E-state index in [4.69, 9.17) is 42.9 Å². The number of hydrogen-bond donors (Lipinski definition) is 2. The molecule has 2 fully saturated rings. The van der Waals surface area contributed by atoms with Gasteiger partial charge in [-0.1, -0.05) is 49.9 Å². The van der Waals surface area contributed by atoms with Gasteiger partial charge in [-0.05, 0) is 55.9 Å². The van der Waals surface area contributed by atoms with E-state index in [1.165, 1.54) is 19.3 Å². The third-order valence-corrected chi connectivity index (χ3v) is 6.35. The second kappa shape index (κ2) is 25.0. The van der Waals surface area contributed by atoms with E-state index >= 15 is 0 Å². The Balaban J connectivity index is 0. The number of benzene rings is 1. The van der Waals surface area contributed by atoms with E-state index < -0.39 is 11.9 Å². The van der Waals surface area contributed by atoms with Crippen LogP contribution in [0.25, 0.3) is 10.6 Å². The molecule has 1 saturated heterocycles. The van der Waals surface area contributed by atoms with Crippen LogP contribution >= 0.6 is 23.2 Å². The van der Waals surface area contributed by atoms with Gasteiger partial charge in [-0.15, -0.1) is 37.3 Å². The largest absolute Gasteiger partial charge is 2.00 e. The first kappa shape index (κ1) is 40.4. The summed E-state index contributed by atoms with van der Waals surface area (Å²) in [6.07, 6.45) is 14.6. The standard InChI is InChI=1S/C9H15ClO3.C9H9ClO3.C5H10N.C5H6N.Cu.H2O/c2*1-6-4-7(10)2-3-8(6)13-5-9(11)12;2*1-2-4-6-5-3-1;;/h6-8H,2-5H2,1H3,(H,11,12);2-4H,5H2,1H3,(H,11,12);1-5H2;1-4H,5H2;;1H2/q;;2*-1;+2;. The molecule has 1 saturated carbocycles. The Kier molecular flexibility index (Phi) is 25.2. The molecule has 2 aliphatic heterocycles. The van der Waals surface area contributed by atoms with Crippen LogP contribution in [0.4, 0.5) is 0 Å². The number of nitrogens with zero attached hydrogens (tertiary/aromatic N) is 2. The molecule has 231 valence electrons. The van der Waals surface area contributed by atoms with Crippen LogP contribution in [0.1, 0.15) is 51.0 Å². The number of piperidine rings is 1. The van der Waals surface area contributed by atoms with Crippen molar-refractivity contribution < 1.29 is 51.8 Å². The summed E-state index contributed by atoms with van der Waals surface area (Å²) in [6, 6.07) is 5.03. The van der Waals surface area contributed by atoms with Crippen LogP contribution in [0, 0.1) is 12.8 Å². The molecule has 2 heterocycles. The number of aliphatic carboxylic acids is 2. The van der Waals surface area contributed by atoms with Crippen molar-refractivity contribution in [2.75, 3.05) is 32.8 Å². The molecule has 1 radical (unpaired) electrons. The summed E-state index contributed by atoms with van der Waals surface area (Å²) in [5.41, 5.74) is 0.828. The van der Waals surface area contributed by atoms with Gasteiger partial charge in [-0.25, -0.2) is 9.59 Å². The first-order chi connectivity index (χ1) is 18.2. The Hall–Kier alpha value is -1.78. The molecule has 0 amide bonds. The molecule has 1 aromatic rings. The van der Waals surface area contributed by atoms with Crippen molar-refractivity contribution in [3.8, 4) is 5.75 Å². The van der Waals surface area contributed by atoms with Crippen LogP contribution in [0.3, 0.4) is 0 Å². The van der Waals surface area contributed by atoms with E-state index in [1.807, 2.05) is 25.2 Å². The molecule has 1 aromatic carbocycles. The van der Waals surface area contributed by atoms with E-state index in [9.17, 15) is 9.59 Å². The van der Waals surface area contributed by atoms with Crippen molar-refractivity contribution in [3.05, 3.63) is 63.8 Å². The smallest absolute Gasteiger partial charge is 0.687 e. The van der Waals surface area contributed by atoms with Gasteiger partial charge in [-0.3, -0.25) is 0 Å². The number of aryl methyl sites for hydroxylation is 1. The van der Waals surface area contributed by atoms with Crippen LogP contribution in [0.15, 0.2) is 42.6 Å². The van der Waals surface area contributed by atoms with E-state index in [-0.39, 0.29) is 47.2 Å². The Bertz CT molecular complexity index is 863. The van der Waals surface area contributed by atoms with Crippen molar-refractivity contribution in [2.24, 2.45) is 5.92 Å². The first-order valence-corrected chi connectivity index (χ1v) is 13.7. The van der Waals surface area contributed by atoms with Crippen molar-refractivity contribution >= 4 is 35.1 Å². The topological polar surface area (TPSA) is 153 Å². The fourth-order valence-corrected chi connectivity index (χ4v) is 4.38. The fourth-order valence-electron chi connectivity index (χ4n) is 3.75. The van der Waals surface area contributed by atoms with Crippen molar-refractivity contribution in [3.63, 3.8) is 0 Å².